The number of ether oxygens (including phenoxy) is 1. The predicted octanol–water partition coefficient (Wildman–Crippen LogP) is 5.19. The van der Waals surface area contributed by atoms with Crippen molar-refractivity contribution in [3.63, 3.8) is 0 Å². The number of nitrogens with zero attached hydrogens (tertiary/aromatic N) is 3. The van der Waals surface area contributed by atoms with Crippen molar-refractivity contribution < 1.29 is 13.5 Å². The smallest absolute Gasteiger partial charge is 0.280 e. The second-order valence-corrected chi connectivity index (χ2v) is 6.80. The van der Waals surface area contributed by atoms with Crippen LogP contribution in [0.2, 0.25) is 0 Å². The van der Waals surface area contributed by atoms with E-state index < -0.39 is 6.43 Å². The van der Waals surface area contributed by atoms with Crippen molar-refractivity contribution in [1.29, 1.82) is 0 Å². The third-order valence-electron chi connectivity index (χ3n) is 4.01. The van der Waals surface area contributed by atoms with E-state index in [1.807, 2.05) is 42.6 Å². The van der Waals surface area contributed by atoms with Gasteiger partial charge in [-0.1, -0.05) is 30.0 Å². The summed E-state index contributed by atoms with van der Waals surface area (Å²) in [5.74, 6) is 6.67. The molecule has 28 heavy (non-hydrogen) atoms. The molecule has 0 unspecified atom stereocenters. The molecule has 3 heterocycles. The van der Waals surface area contributed by atoms with Crippen molar-refractivity contribution in [2.24, 2.45) is 0 Å². The minimum atomic E-state index is -2.70. The van der Waals surface area contributed by atoms with Gasteiger partial charge in [0.25, 0.3) is 6.43 Å². The van der Waals surface area contributed by atoms with E-state index in [0.717, 1.165) is 9.39 Å². The highest BCUT2D eigenvalue weighted by Gasteiger charge is 2.18. The molecule has 0 aliphatic rings. The van der Waals surface area contributed by atoms with Gasteiger partial charge in [0.2, 0.25) is 0 Å². The first-order chi connectivity index (χ1) is 13.7. The average molecular weight is 395 g/mol. The molecule has 4 aromatic rings. The monoisotopic (exact) mass is 395 g/mol. The lowest BCUT2D eigenvalue weighted by atomic mass is 10.1. The summed E-state index contributed by atoms with van der Waals surface area (Å²) in [6, 6.07) is 12.4. The fourth-order valence-corrected chi connectivity index (χ4v) is 3.34. The topological polar surface area (TPSA) is 39.4 Å². The lowest BCUT2D eigenvalue weighted by Gasteiger charge is -2.09. The number of halogens is 2. The molecule has 0 bridgehead atoms. The quantitative estimate of drug-likeness (QED) is 0.446. The molecule has 0 saturated heterocycles. The van der Waals surface area contributed by atoms with Gasteiger partial charge in [0.05, 0.1) is 28.9 Å². The van der Waals surface area contributed by atoms with Crippen LogP contribution in [0.1, 0.15) is 29.5 Å². The Morgan fingerprint density at radius 2 is 2.07 bits per heavy atom. The van der Waals surface area contributed by atoms with Crippen molar-refractivity contribution in [2.45, 2.75) is 13.3 Å². The number of hydrogen-bond donors (Lipinski definition) is 0. The van der Waals surface area contributed by atoms with Gasteiger partial charge in [-0.3, -0.25) is 0 Å². The Bertz CT molecular complexity index is 1170. The number of benzene rings is 1. The Balaban J connectivity index is 1.86. The summed E-state index contributed by atoms with van der Waals surface area (Å²) >= 11 is 1.51. The second-order valence-electron chi connectivity index (χ2n) is 5.85. The first-order valence-corrected chi connectivity index (χ1v) is 9.49. The highest BCUT2D eigenvalue weighted by molar-refractivity contribution is 7.10. The Hall–Kier alpha value is -3.24. The number of aromatic nitrogens is 3. The molecule has 3 aromatic heterocycles. The molecule has 0 saturated carbocycles. The van der Waals surface area contributed by atoms with Gasteiger partial charge in [0, 0.05) is 5.56 Å². The number of fused-ring (bicyclic) bond motifs is 1. The zero-order valence-corrected chi connectivity index (χ0v) is 15.7. The number of hydrogen-bond acceptors (Lipinski definition) is 4. The zero-order chi connectivity index (χ0) is 19.5. The van der Waals surface area contributed by atoms with E-state index in [1.165, 1.54) is 23.6 Å². The van der Waals surface area contributed by atoms with Crippen LogP contribution in [0.3, 0.4) is 0 Å². The maximum atomic E-state index is 13.7. The maximum Gasteiger partial charge on any atom is 0.280 e. The molecule has 0 spiro atoms. The molecule has 7 heteroatoms. The normalized spacial score (nSPS) is 10.9. The summed E-state index contributed by atoms with van der Waals surface area (Å²) in [6.45, 7) is 2.40. The van der Waals surface area contributed by atoms with E-state index in [-0.39, 0.29) is 5.69 Å². The van der Waals surface area contributed by atoms with E-state index in [0.29, 0.717) is 34.8 Å². The lowest BCUT2D eigenvalue weighted by molar-refractivity contribution is 0.143. The van der Waals surface area contributed by atoms with Crippen LogP contribution < -0.4 is 4.74 Å². The van der Waals surface area contributed by atoms with Crippen molar-refractivity contribution in [3.8, 4) is 28.8 Å². The zero-order valence-electron chi connectivity index (χ0n) is 14.9. The maximum absolute atomic E-state index is 13.7. The van der Waals surface area contributed by atoms with Crippen LogP contribution in [0.4, 0.5) is 8.78 Å². The molecule has 1 aromatic carbocycles. The summed E-state index contributed by atoms with van der Waals surface area (Å²) in [5.41, 5.74) is 1.68. The Labute approximate surface area is 164 Å². The number of alkyl halides is 2. The standard InChI is InChI=1S/C21H15F2N3OS/c1-2-27-16-6-3-5-14(11-16)18-12-19(20(22)23)26-21(25-18)15(13-24-26)8-9-17-7-4-10-28-17/h3-7,10-13,20H,2H2,1H3. The van der Waals surface area contributed by atoms with Crippen LogP contribution in [0, 0.1) is 11.8 Å². The fourth-order valence-electron chi connectivity index (χ4n) is 2.77. The molecule has 0 radical (unpaired) electrons. The van der Waals surface area contributed by atoms with E-state index >= 15 is 0 Å². The van der Waals surface area contributed by atoms with Crippen LogP contribution in [0.25, 0.3) is 16.9 Å². The van der Waals surface area contributed by atoms with E-state index in [4.69, 9.17) is 4.74 Å². The Kier molecular flexibility index (Phi) is 5.04. The number of thiophene rings is 1. The first-order valence-electron chi connectivity index (χ1n) is 8.61. The summed E-state index contributed by atoms with van der Waals surface area (Å²) in [7, 11) is 0. The molecule has 0 N–H and O–H groups in total. The SMILES string of the molecule is CCOc1cccc(-c2cc(C(F)F)n3ncc(C#Cc4cccs4)c3n2)c1. The summed E-state index contributed by atoms with van der Waals surface area (Å²) < 4.78 is 34.0. The van der Waals surface area contributed by atoms with E-state index in [9.17, 15) is 8.78 Å². The lowest BCUT2D eigenvalue weighted by Crippen LogP contribution is -2.03. The summed E-state index contributed by atoms with van der Waals surface area (Å²) in [6.07, 6.45) is -1.23. The second kappa shape index (κ2) is 7.79. The molecule has 0 fully saturated rings. The summed E-state index contributed by atoms with van der Waals surface area (Å²) in [4.78, 5) is 5.45. The molecule has 4 nitrogen and oxygen atoms in total. The molecule has 0 aliphatic carbocycles. The van der Waals surface area contributed by atoms with Crippen LogP contribution in [0.5, 0.6) is 5.75 Å². The molecule has 140 valence electrons. The van der Waals surface area contributed by atoms with Gasteiger partial charge in [-0.2, -0.15) is 5.10 Å². The largest absolute Gasteiger partial charge is 0.494 e. The van der Waals surface area contributed by atoms with Gasteiger partial charge in [-0.15, -0.1) is 11.3 Å². The minimum absolute atomic E-state index is 0.231. The third kappa shape index (κ3) is 3.59. The van der Waals surface area contributed by atoms with Gasteiger partial charge in [-0.25, -0.2) is 18.3 Å². The molecular formula is C21H15F2N3OS. The van der Waals surface area contributed by atoms with Crippen molar-refractivity contribution in [2.75, 3.05) is 6.61 Å². The van der Waals surface area contributed by atoms with Gasteiger partial charge >= 0.3 is 0 Å². The fraction of sp³-hybridized carbons (Fsp3) is 0.143. The van der Waals surface area contributed by atoms with Crippen LogP contribution in [-0.4, -0.2) is 21.2 Å². The van der Waals surface area contributed by atoms with Gasteiger partial charge in [0.15, 0.2) is 5.65 Å². The van der Waals surface area contributed by atoms with Gasteiger partial charge in [0.1, 0.15) is 11.4 Å². The van der Waals surface area contributed by atoms with Gasteiger partial charge < -0.3 is 4.74 Å². The summed E-state index contributed by atoms with van der Waals surface area (Å²) in [5, 5.41) is 6.00. The Morgan fingerprint density at radius 1 is 1.18 bits per heavy atom. The predicted molar refractivity (Wildman–Crippen MR) is 105 cm³/mol. The molecular weight excluding hydrogens is 380 g/mol. The average Bonchev–Trinajstić information content (AvgIpc) is 3.35. The van der Waals surface area contributed by atoms with E-state index in [2.05, 4.69) is 21.9 Å². The Morgan fingerprint density at radius 3 is 2.82 bits per heavy atom. The van der Waals surface area contributed by atoms with Crippen molar-refractivity contribution in [3.05, 3.63) is 70.2 Å². The van der Waals surface area contributed by atoms with Crippen LogP contribution in [0.15, 0.2) is 54.0 Å². The van der Waals surface area contributed by atoms with Crippen molar-refractivity contribution in [1.82, 2.24) is 14.6 Å². The van der Waals surface area contributed by atoms with Crippen molar-refractivity contribution >= 4 is 17.0 Å². The van der Waals surface area contributed by atoms with Crippen LogP contribution in [-0.2, 0) is 0 Å². The molecule has 0 atom stereocenters. The third-order valence-corrected chi connectivity index (χ3v) is 4.79. The first kappa shape index (κ1) is 18.1. The highest BCUT2D eigenvalue weighted by Crippen LogP contribution is 2.28. The van der Waals surface area contributed by atoms with E-state index in [1.54, 1.807) is 6.07 Å². The molecule has 0 amide bonds. The minimum Gasteiger partial charge on any atom is -0.494 e. The molecule has 4 rings (SSSR count). The van der Waals surface area contributed by atoms with Crippen LogP contribution >= 0.6 is 11.3 Å². The molecule has 0 aliphatic heterocycles. The number of rotatable bonds is 4. The van der Waals surface area contributed by atoms with Gasteiger partial charge in [-0.05, 0) is 36.6 Å². The highest BCUT2D eigenvalue weighted by atomic mass is 32.1.